The van der Waals surface area contributed by atoms with Gasteiger partial charge in [-0.2, -0.15) is 10.5 Å². The highest BCUT2D eigenvalue weighted by Gasteiger charge is 2.18. The van der Waals surface area contributed by atoms with E-state index in [2.05, 4.69) is 133 Å². The Labute approximate surface area is 406 Å². The maximum atomic E-state index is 9.40. The zero-order valence-corrected chi connectivity index (χ0v) is 37.8. The molecule has 6 nitrogen and oxygen atoms in total. The van der Waals surface area contributed by atoms with E-state index in [1.807, 2.05) is 121 Å². The average molecular weight is 893 g/mol. The third-order valence-corrected chi connectivity index (χ3v) is 12.4. The van der Waals surface area contributed by atoms with E-state index in [9.17, 15) is 10.5 Å². The van der Waals surface area contributed by atoms with Gasteiger partial charge in [0.25, 0.3) is 0 Å². The van der Waals surface area contributed by atoms with Gasteiger partial charge in [-0.05, 0) is 99.1 Å². The fourth-order valence-corrected chi connectivity index (χ4v) is 8.86. The van der Waals surface area contributed by atoms with Crippen LogP contribution in [0, 0.1) is 22.7 Å². The van der Waals surface area contributed by atoms with Crippen molar-refractivity contribution in [1.29, 1.82) is 10.5 Å². The van der Waals surface area contributed by atoms with E-state index in [1.54, 1.807) is 0 Å². The van der Waals surface area contributed by atoms with Crippen LogP contribution in [0.5, 0.6) is 0 Å². The first-order valence-electron chi connectivity index (χ1n) is 23.0. The first-order chi connectivity index (χ1) is 34.6. The van der Waals surface area contributed by atoms with Gasteiger partial charge in [0, 0.05) is 33.4 Å². The lowest BCUT2D eigenvalue weighted by Crippen LogP contribution is -1.98. The summed E-state index contributed by atoms with van der Waals surface area (Å²) >= 11 is 0. The molecule has 70 heavy (non-hydrogen) atoms. The van der Waals surface area contributed by atoms with Crippen LogP contribution in [0.4, 0.5) is 0 Å². The number of rotatable bonds is 10. The summed E-state index contributed by atoms with van der Waals surface area (Å²) in [5.74, 6) is 1.27. The zero-order valence-electron chi connectivity index (χ0n) is 37.8. The van der Waals surface area contributed by atoms with E-state index in [0.29, 0.717) is 22.8 Å². The lowest BCUT2D eigenvalue weighted by molar-refractivity contribution is 1.18. The fraction of sp³-hybridized carbons (Fsp3) is 0. The van der Waals surface area contributed by atoms with E-state index in [-0.39, 0.29) is 0 Å². The van der Waals surface area contributed by atoms with E-state index in [1.165, 1.54) is 0 Å². The summed E-state index contributed by atoms with van der Waals surface area (Å²) in [5, 5.41) is 18.8. The highest BCUT2D eigenvalue weighted by molar-refractivity contribution is 5.92. The third kappa shape index (κ3) is 8.88. The van der Waals surface area contributed by atoms with Crippen molar-refractivity contribution >= 4 is 0 Å². The molecule has 0 aliphatic carbocycles. The Morgan fingerprint density at radius 1 is 0.229 bits per heavy atom. The van der Waals surface area contributed by atoms with Crippen molar-refractivity contribution in [1.82, 2.24) is 19.9 Å². The molecular formula is C64H40N6. The molecule has 0 spiro atoms. The van der Waals surface area contributed by atoms with Gasteiger partial charge in [-0.3, -0.25) is 0 Å². The van der Waals surface area contributed by atoms with E-state index in [4.69, 9.17) is 19.9 Å². The summed E-state index contributed by atoms with van der Waals surface area (Å²) in [6.45, 7) is 0. The van der Waals surface area contributed by atoms with Crippen LogP contribution < -0.4 is 0 Å². The van der Waals surface area contributed by atoms with Gasteiger partial charge in [-0.25, -0.2) is 19.9 Å². The molecule has 0 bridgehead atoms. The van der Waals surface area contributed by atoms with Gasteiger partial charge >= 0.3 is 0 Å². The summed E-state index contributed by atoms with van der Waals surface area (Å²) in [6, 6.07) is 86.4. The van der Waals surface area contributed by atoms with Gasteiger partial charge in [0.05, 0.1) is 46.0 Å². The van der Waals surface area contributed by atoms with Gasteiger partial charge in [0.15, 0.2) is 11.6 Å². The summed E-state index contributed by atoms with van der Waals surface area (Å²) in [6.07, 6.45) is 0. The average Bonchev–Trinajstić information content (AvgIpc) is 3.45. The van der Waals surface area contributed by atoms with Crippen molar-refractivity contribution in [3.8, 4) is 124 Å². The molecule has 11 rings (SSSR count). The van der Waals surface area contributed by atoms with Crippen LogP contribution in [0.1, 0.15) is 11.1 Å². The zero-order chi connectivity index (χ0) is 47.2. The predicted molar refractivity (Wildman–Crippen MR) is 281 cm³/mol. The molecule has 0 aliphatic heterocycles. The molecular weight excluding hydrogens is 853 g/mol. The van der Waals surface area contributed by atoms with Gasteiger partial charge in [0.2, 0.25) is 0 Å². The molecule has 0 atom stereocenters. The standard InChI is InChI=1S/C64H40N6/c65-41-43-28-32-45(33-29-43)49-18-11-21-52(36-49)59-39-60(68-63(67-59)47-14-3-1-4-15-47)54-23-13-20-51(38-54)55-24-7-8-25-56(55)57-26-9-10-27-58(57)62-40-61(69-64(70-62)48-16-5-2-6-17-48)53-22-12-19-50(37-53)46-34-30-44(42-66)31-35-46/h1-40H. The Hall–Kier alpha value is -9.88. The van der Waals surface area contributed by atoms with Crippen LogP contribution in [-0.4, -0.2) is 19.9 Å². The number of hydrogen-bond acceptors (Lipinski definition) is 6. The fourth-order valence-electron chi connectivity index (χ4n) is 8.86. The predicted octanol–water partition coefficient (Wildman–Crippen LogP) is 15.7. The monoisotopic (exact) mass is 892 g/mol. The van der Waals surface area contributed by atoms with Crippen molar-refractivity contribution in [2.24, 2.45) is 0 Å². The van der Waals surface area contributed by atoms with Crippen molar-refractivity contribution in [2.45, 2.75) is 0 Å². The molecule has 2 aromatic heterocycles. The molecule has 0 unspecified atom stereocenters. The van der Waals surface area contributed by atoms with Crippen molar-refractivity contribution < 1.29 is 0 Å². The molecule has 2 heterocycles. The highest BCUT2D eigenvalue weighted by atomic mass is 14.9. The molecule has 9 aromatic carbocycles. The van der Waals surface area contributed by atoms with Gasteiger partial charge < -0.3 is 0 Å². The second-order valence-corrected chi connectivity index (χ2v) is 16.9. The van der Waals surface area contributed by atoms with Gasteiger partial charge in [-0.1, -0.05) is 188 Å². The number of aromatic nitrogens is 4. The quantitative estimate of drug-likeness (QED) is 0.136. The van der Waals surface area contributed by atoms with Crippen LogP contribution in [0.3, 0.4) is 0 Å². The lowest BCUT2D eigenvalue weighted by Gasteiger charge is -2.16. The maximum absolute atomic E-state index is 9.40. The van der Waals surface area contributed by atoms with Crippen molar-refractivity contribution in [3.63, 3.8) is 0 Å². The minimum atomic E-state index is 0.623. The number of hydrogen-bond donors (Lipinski definition) is 0. The van der Waals surface area contributed by atoms with Crippen LogP contribution in [-0.2, 0) is 0 Å². The topological polar surface area (TPSA) is 99.1 Å². The van der Waals surface area contributed by atoms with Crippen molar-refractivity contribution in [3.05, 3.63) is 254 Å². The normalized spacial score (nSPS) is 10.8. The Kier molecular flexibility index (Phi) is 11.7. The minimum absolute atomic E-state index is 0.623. The number of nitrogens with zero attached hydrogens (tertiary/aromatic N) is 6. The Balaban J connectivity index is 1.00. The summed E-state index contributed by atoms with van der Waals surface area (Å²) in [5.41, 5.74) is 18.5. The smallest absolute Gasteiger partial charge is 0.160 e. The first-order valence-corrected chi connectivity index (χ1v) is 23.0. The first kappa shape index (κ1) is 42.7. The van der Waals surface area contributed by atoms with Crippen LogP contribution >= 0.6 is 0 Å². The molecule has 0 N–H and O–H groups in total. The molecule has 0 amide bonds. The molecule has 6 heteroatoms. The molecule has 0 saturated carbocycles. The summed E-state index contributed by atoms with van der Waals surface area (Å²) in [7, 11) is 0. The Morgan fingerprint density at radius 3 is 1.01 bits per heavy atom. The van der Waals surface area contributed by atoms with Crippen LogP contribution in [0.2, 0.25) is 0 Å². The Morgan fingerprint density at radius 2 is 0.557 bits per heavy atom. The molecule has 0 fully saturated rings. The molecule has 326 valence electrons. The van der Waals surface area contributed by atoms with Crippen molar-refractivity contribution in [2.75, 3.05) is 0 Å². The van der Waals surface area contributed by atoms with E-state index >= 15 is 0 Å². The highest BCUT2D eigenvalue weighted by Crippen LogP contribution is 2.41. The van der Waals surface area contributed by atoms with E-state index in [0.717, 1.165) is 101 Å². The molecule has 0 radical (unpaired) electrons. The Bertz CT molecular complexity index is 3780. The summed E-state index contributed by atoms with van der Waals surface area (Å²) < 4.78 is 0. The third-order valence-electron chi connectivity index (χ3n) is 12.4. The van der Waals surface area contributed by atoms with Gasteiger partial charge in [0.1, 0.15) is 0 Å². The molecule has 0 saturated heterocycles. The number of benzene rings is 9. The minimum Gasteiger partial charge on any atom is -0.228 e. The van der Waals surface area contributed by atoms with Gasteiger partial charge in [-0.15, -0.1) is 0 Å². The second kappa shape index (κ2) is 19.1. The summed E-state index contributed by atoms with van der Waals surface area (Å²) in [4.78, 5) is 20.8. The second-order valence-electron chi connectivity index (χ2n) is 16.9. The SMILES string of the molecule is N#Cc1ccc(-c2cccc(-c3cc(-c4cccc(-c5ccccc5-c5ccccc5-c5cc(-c6cccc(-c7ccc(C#N)cc7)c6)nc(-c6ccccc6)n5)c4)nc(-c4ccccc4)n3)c2)cc1. The molecule has 11 aromatic rings. The number of nitriles is 2. The van der Waals surface area contributed by atoms with E-state index < -0.39 is 0 Å². The maximum Gasteiger partial charge on any atom is 0.160 e. The largest absolute Gasteiger partial charge is 0.228 e. The lowest BCUT2D eigenvalue weighted by atomic mass is 9.89. The van der Waals surface area contributed by atoms with Crippen LogP contribution in [0.25, 0.3) is 112 Å². The van der Waals surface area contributed by atoms with Crippen LogP contribution in [0.15, 0.2) is 243 Å². The molecule has 0 aliphatic rings.